The summed E-state index contributed by atoms with van der Waals surface area (Å²) in [5.74, 6) is 0.166. The second kappa shape index (κ2) is 12.7. The summed E-state index contributed by atoms with van der Waals surface area (Å²) in [6.07, 6.45) is 1.31. The second-order valence-corrected chi connectivity index (χ2v) is 10.4. The van der Waals surface area contributed by atoms with Crippen LogP contribution in [-0.2, 0) is 16.7 Å². The fourth-order valence-electron chi connectivity index (χ4n) is 3.37. The molecule has 0 aromatic heterocycles. The number of ether oxygens (including phenoxy) is 2. The summed E-state index contributed by atoms with van der Waals surface area (Å²) < 4.78 is 41.4. The lowest BCUT2D eigenvalue weighted by Gasteiger charge is -2.12. The highest BCUT2D eigenvalue weighted by Crippen LogP contribution is 2.36. The highest BCUT2D eigenvalue weighted by molar-refractivity contribution is 7.87. The minimum Gasteiger partial charge on any atom is -0.493 e. The van der Waals surface area contributed by atoms with Crippen LogP contribution in [0.4, 0.5) is 0 Å². The minimum atomic E-state index is -4.14. The van der Waals surface area contributed by atoms with Gasteiger partial charge in [-0.15, -0.1) is 0 Å². The van der Waals surface area contributed by atoms with Gasteiger partial charge in [0, 0.05) is 5.56 Å². The van der Waals surface area contributed by atoms with E-state index in [4.69, 9.17) is 36.9 Å². The molecule has 0 saturated heterocycles. The van der Waals surface area contributed by atoms with Gasteiger partial charge in [0.15, 0.2) is 17.2 Å². The molecule has 4 aromatic carbocycles. The summed E-state index contributed by atoms with van der Waals surface area (Å²) in [4.78, 5) is 12.6. The molecule has 0 heterocycles. The molecular weight excluding hydrogens is 563 g/mol. The van der Waals surface area contributed by atoms with E-state index >= 15 is 0 Å². The van der Waals surface area contributed by atoms with Crippen LogP contribution in [0.2, 0.25) is 10.0 Å². The summed E-state index contributed by atoms with van der Waals surface area (Å²) in [6, 6.07) is 24.8. The molecule has 11 heteroatoms. The maximum Gasteiger partial charge on any atom is 0.339 e. The third kappa shape index (κ3) is 7.29. The minimum absolute atomic E-state index is 0.0436. The van der Waals surface area contributed by atoms with Crippen molar-refractivity contribution in [1.82, 2.24) is 5.43 Å². The molecule has 0 aliphatic carbocycles. The summed E-state index contributed by atoms with van der Waals surface area (Å²) >= 11 is 12.5. The number of methoxy groups -OCH3 is 1. The summed E-state index contributed by atoms with van der Waals surface area (Å²) in [5.41, 5.74) is 4.10. The maximum atomic E-state index is 12.6. The summed E-state index contributed by atoms with van der Waals surface area (Å²) in [5, 5.41) is 3.83. The van der Waals surface area contributed by atoms with Gasteiger partial charge in [0.2, 0.25) is 0 Å². The Morgan fingerprint density at radius 2 is 1.54 bits per heavy atom. The predicted octanol–water partition coefficient (Wildman–Crippen LogP) is 6.11. The molecular formula is C28H22Cl2N2O6S. The zero-order valence-corrected chi connectivity index (χ0v) is 22.8. The zero-order chi connectivity index (χ0) is 27.8. The highest BCUT2D eigenvalue weighted by Gasteiger charge is 2.20. The van der Waals surface area contributed by atoms with Gasteiger partial charge >= 0.3 is 10.1 Å². The van der Waals surface area contributed by atoms with Crippen LogP contribution in [0.5, 0.6) is 17.2 Å². The number of benzene rings is 4. The standard InChI is InChI=1S/C28H22Cl2N2O6S/c1-36-26-16-21(12-13-25(26)37-18-19-8-4-2-5-9-19)28(33)32-31-17-20-14-23(29)27(24(30)15-20)38-39(34,35)22-10-6-3-7-11-22/h2-17H,18H2,1H3,(H,32,33)/b31-17+. The Bertz CT molecular complexity index is 1570. The Labute approximate surface area is 235 Å². The lowest BCUT2D eigenvalue weighted by molar-refractivity contribution is 0.0954. The number of halogens is 2. The van der Waals surface area contributed by atoms with Crippen LogP contribution in [0.1, 0.15) is 21.5 Å². The van der Waals surface area contributed by atoms with Gasteiger partial charge in [0.1, 0.15) is 11.5 Å². The Balaban J connectivity index is 1.41. The second-order valence-electron chi connectivity index (χ2n) is 8.00. The molecule has 4 aromatic rings. The van der Waals surface area contributed by atoms with E-state index < -0.39 is 16.0 Å². The average molecular weight is 585 g/mol. The quantitative estimate of drug-likeness (QED) is 0.137. The van der Waals surface area contributed by atoms with E-state index in [2.05, 4.69) is 10.5 Å². The normalized spacial score (nSPS) is 11.3. The molecule has 39 heavy (non-hydrogen) atoms. The van der Waals surface area contributed by atoms with Crippen LogP contribution in [0, 0.1) is 0 Å². The van der Waals surface area contributed by atoms with Crippen molar-refractivity contribution in [2.45, 2.75) is 11.5 Å². The first-order chi connectivity index (χ1) is 18.8. The van der Waals surface area contributed by atoms with Crippen molar-refractivity contribution in [3.63, 3.8) is 0 Å². The van der Waals surface area contributed by atoms with Crippen LogP contribution < -0.4 is 19.1 Å². The van der Waals surface area contributed by atoms with Gasteiger partial charge in [-0.2, -0.15) is 13.5 Å². The highest BCUT2D eigenvalue weighted by atomic mass is 35.5. The van der Waals surface area contributed by atoms with E-state index in [9.17, 15) is 13.2 Å². The molecule has 0 bridgehead atoms. The number of nitrogens with one attached hydrogen (secondary N) is 1. The smallest absolute Gasteiger partial charge is 0.339 e. The molecule has 0 radical (unpaired) electrons. The van der Waals surface area contributed by atoms with Crippen molar-refractivity contribution in [3.8, 4) is 17.2 Å². The molecule has 0 fully saturated rings. The third-order valence-electron chi connectivity index (χ3n) is 5.29. The van der Waals surface area contributed by atoms with Crippen molar-refractivity contribution in [2.24, 2.45) is 5.10 Å². The molecule has 0 spiro atoms. The molecule has 0 unspecified atom stereocenters. The van der Waals surface area contributed by atoms with Crippen LogP contribution in [0.3, 0.4) is 0 Å². The zero-order valence-electron chi connectivity index (χ0n) is 20.5. The van der Waals surface area contributed by atoms with Crippen LogP contribution in [-0.4, -0.2) is 27.6 Å². The average Bonchev–Trinajstić information content (AvgIpc) is 2.95. The predicted molar refractivity (Wildman–Crippen MR) is 150 cm³/mol. The monoisotopic (exact) mass is 584 g/mol. The van der Waals surface area contributed by atoms with Crippen molar-refractivity contribution in [3.05, 3.63) is 118 Å². The van der Waals surface area contributed by atoms with Gasteiger partial charge in [-0.1, -0.05) is 71.7 Å². The molecule has 8 nitrogen and oxygen atoms in total. The van der Waals surface area contributed by atoms with E-state index in [1.807, 2.05) is 30.3 Å². The molecule has 0 saturated carbocycles. The Kier molecular flexibility index (Phi) is 9.08. The number of carbonyl (C=O) groups excluding carboxylic acids is 1. The van der Waals surface area contributed by atoms with Crippen molar-refractivity contribution in [2.75, 3.05) is 7.11 Å². The van der Waals surface area contributed by atoms with Crippen LogP contribution in [0.15, 0.2) is 101 Å². The maximum absolute atomic E-state index is 12.6. The van der Waals surface area contributed by atoms with Gasteiger partial charge in [0.25, 0.3) is 5.91 Å². The fourth-order valence-corrected chi connectivity index (χ4v) is 5.03. The Morgan fingerprint density at radius 1 is 0.897 bits per heavy atom. The topological polar surface area (TPSA) is 103 Å². The molecule has 1 N–H and O–H groups in total. The fraction of sp³-hybridized carbons (Fsp3) is 0.0714. The number of hydrazone groups is 1. The first-order valence-electron chi connectivity index (χ1n) is 11.4. The van der Waals surface area contributed by atoms with Crippen molar-refractivity contribution in [1.29, 1.82) is 0 Å². The molecule has 1 amide bonds. The number of rotatable bonds is 10. The molecule has 0 atom stereocenters. The number of hydrogen-bond donors (Lipinski definition) is 1. The van der Waals surface area contributed by atoms with Crippen molar-refractivity contribution < 1.29 is 26.9 Å². The lowest BCUT2D eigenvalue weighted by Crippen LogP contribution is -2.17. The molecule has 0 aliphatic heterocycles. The molecule has 200 valence electrons. The Morgan fingerprint density at radius 3 is 2.18 bits per heavy atom. The number of carbonyl (C=O) groups is 1. The van der Waals surface area contributed by atoms with Gasteiger partial charge in [0.05, 0.1) is 23.4 Å². The largest absolute Gasteiger partial charge is 0.493 e. The number of nitrogens with zero attached hydrogens (tertiary/aromatic N) is 1. The number of hydrogen-bond acceptors (Lipinski definition) is 7. The molecule has 4 rings (SSSR count). The van der Waals surface area contributed by atoms with E-state index in [1.54, 1.807) is 30.3 Å². The van der Waals surface area contributed by atoms with E-state index in [1.165, 1.54) is 43.7 Å². The van der Waals surface area contributed by atoms with E-state index in [0.717, 1.165) is 5.56 Å². The van der Waals surface area contributed by atoms with Gasteiger partial charge < -0.3 is 13.7 Å². The van der Waals surface area contributed by atoms with Crippen LogP contribution in [0.25, 0.3) is 0 Å². The van der Waals surface area contributed by atoms with E-state index in [0.29, 0.717) is 29.2 Å². The Hall–Kier alpha value is -4.05. The van der Waals surface area contributed by atoms with Gasteiger partial charge in [-0.25, -0.2) is 5.43 Å². The summed E-state index contributed by atoms with van der Waals surface area (Å²) in [7, 11) is -2.65. The summed E-state index contributed by atoms with van der Waals surface area (Å²) in [6.45, 7) is 0.347. The van der Waals surface area contributed by atoms with Crippen LogP contribution >= 0.6 is 23.2 Å². The molecule has 0 aliphatic rings. The first kappa shape index (κ1) is 28.0. The van der Waals surface area contributed by atoms with Gasteiger partial charge in [-0.3, -0.25) is 4.79 Å². The van der Waals surface area contributed by atoms with E-state index in [-0.39, 0.29) is 20.7 Å². The SMILES string of the molecule is COc1cc(C(=O)N/N=C/c2cc(Cl)c(OS(=O)(=O)c3ccccc3)c(Cl)c2)ccc1OCc1ccccc1. The first-order valence-corrected chi connectivity index (χ1v) is 13.6. The third-order valence-corrected chi connectivity index (χ3v) is 7.09. The number of amides is 1. The lowest BCUT2D eigenvalue weighted by atomic mass is 10.2. The van der Waals surface area contributed by atoms with Crippen molar-refractivity contribution >= 4 is 45.4 Å². The van der Waals surface area contributed by atoms with Gasteiger partial charge in [-0.05, 0) is 53.6 Å².